The molecule has 1 rings (SSSR count). The predicted octanol–water partition coefficient (Wildman–Crippen LogP) is 1.73. The van der Waals surface area contributed by atoms with Gasteiger partial charge in [-0.1, -0.05) is 18.2 Å². The number of urea groups is 1. The van der Waals surface area contributed by atoms with E-state index in [9.17, 15) is 9.59 Å². The highest BCUT2D eigenvalue weighted by atomic mass is 32.2. The maximum Gasteiger partial charge on any atom is 0.326 e. The summed E-state index contributed by atoms with van der Waals surface area (Å²) in [6, 6.07) is 5.99. The third kappa shape index (κ3) is 6.05. The second kappa shape index (κ2) is 9.25. The van der Waals surface area contributed by atoms with Crippen LogP contribution in [-0.2, 0) is 11.3 Å². The van der Waals surface area contributed by atoms with E-state index in [1.807, 2.05) is 31.5 Å². The molecule has 0 bridgehead atoms. The summed E-state index contributed by atoms with van der Waals surface area (Å²) in [4.78, 5) is 23.0. The van der Waals surface area contributed by atoms with Gasteiger partial charge in [-0.25, -0.2) is 9.59 Å². The molecular formula is C14H21N3O3S. The van der Waals surface area contributed by atoms with Crippen molar-refractivity contribution >= 4 is 29.4 Å². The third-order valence-electron chi connectivity index (χ3n) is 2.85. The number of amides is 2. The normalized spacial score (nSPS) is 11.7. The lowest BCUT2D eigenvalue weighted by Gasteiger charge is -2.16. The monoisotopic (exact) mass is 311 g/mol. The zero-order valence-electron chi connectivity index (χ0n) is 12.2. The first-order valence-electron chi connectivity index (χ1n) is 6.60. The lowest BCUT2D eigenvalue weighted by molar-refractivity contribution is -0.139. The fraction of sp³-hybridized carbons (Fsp3) is 0.429. The van der Waals surface area contributed by atoms with Gasteiger partial charge in [0.15, 0.2) is 0 Å². The maximum absolute atomic E-state index is 11.9. The Morgan fingerprint density at radius 1 is 1.33 bits per heavy atom. The SMILES string of the molecule is CNCc1ccccc1NC(=O)N[C@H](CCSC)C(=O)O. The van der Waals surface area contributed by atoms with E-state index in [0.29, 0.717) is 24.4 Å². The molecule has 0 saturated heterocycles. The summed E-state index contributed by atoms with van der Waals surface area (Å²) in [7, 11) is 1.82. The maximum atomic E-state index is 11.9. The van der Waals surface area contributed by atoms with Crippen molar-refractivity contribution in [2.45, 2.75) is 19.0 Å². The molecule has 1 aromatic rings. The third-order valence-corrected chi connectivity index (χ3v) is 3.49. The van der Waals surface area contributed by atoms with Gasteiger partial charge >= 0.3 is 12.0 Å². The molecule has 1 aromatic carbocycles. The number of carboxylic acid groups (broad SMARTS) is 1. The summed E-state index contributed by atoms with van der Waals surface area (Å²) >= 11 is 1.54. The number of carbonyl (C=O) groups excluding carboxylic acids is 1. The molecule has 0 spiro atoms. The van der Waals surface area contributed by atoms with Crippen molar-refractivity contribution in [3.05, 3.63) is 29.8 Å². The highest BCUT2D eigenvalue weighted by molar-refractivity contribution is 7.98. The van der Waals surface area contributed by atoms with Crippen LogP contribution in [0.2, 0.25) is 0 Å². The number of hydrogen-bond acceptors (Lipinski definition) is 4. The van der Waals surface area contributed by atoms with Crippen molar-refractivity contribution in [1.29, 1.82) is 0 Å². The number of para-hydroxylation sites is 1. The van der Waals surface area contributed by atoms with Crippen LogP contribution in [0.5, 0.6) is 0 Å². The molecule has 2 amide bonds. The van der Waals surface area contributed by atoms with Crippen LogP contribution in [0.15, 0.2) is 24.3 Å². The van der Waals surface area contributed by atoms with E-state index in [2.05, 4.69) is 16.0 Å². The fourth-order valence-corrected chi connectivity index (χ4v) is 2.27. The summed E-state index contributed by atoms with van der Waals surface area (Å²) in [6.07, 6.45) is 2.29. The fourth-order valence-electron chi connectivity index (χ4n) is 1.80. The van der Waals surface area contributed by atoms with E-state index in [1.165, 1.54) is 0 Å². The molecule has 7 heteroatoms. The Bertz CT molecular complexity index is 482. The van der Waals surface area contributed by atoms with Crippen LogP contribution >= 0.6 is 11.8 Å². The molecule has 0 aliphatic carbocycles. The second-order valence-electron chi connectivity index (χ2n) is 4.46. The van der Waals surface area contributed by atoms with Gasteiger partial charge in [-0.15, -0.1) is 0 Å². The van der Waals surface area contributed by atoms with Gasteiger partial charge in [0.05, 0.1) is 0 Å². The van der Waals surface area contributed by atoms with Gasteiger partial charge in [0.1, 0.15) is 6.04 Å². The Hall–Kier alpha value is -1.73. The largest absolute Gasteiger partial charge is 0.480 e. The summed E-state index contributed by atoms with van der Waals surface area (Å²) in [5, 5.41) is 17.3. The molecule has 0 saturated carbocycles. The highest BCUT2D eigenvalue weighted by Gasteiger charge is 2.19. The van der Waals surface area contributed by atoms with Crippen molar-refractivity contribution in [3.63, 3.8) is 0 Å². The molecule has 1 atom stereocenters. The Balaban J connectivity index is 2.65. The number of nitrogens with one attached hydrogen (secondary N) is 3. The number of benzene rings is 1. The van der Waals surface area contributed by atoms with E-state index in [-0.39, 0.29) is 0 Å². The highest BCUT2D eigenvalue weighted by Crippen LogP contribution is 2.14. The molecule has 0 aliphatic heterocycles. The van der Waals surface area contributed by atoms with E-state index in [4.69, 9.17) is 5.11 Å². The smallest absolute Gasteiger partial charge is 0.326 e. The molecule has 116 valence electrons. The summed E-state index contributed by atoms with van der Waals surface area (Å²) in [5.41, 5.74) is 1.60. The average molecular weight is 311 g/mol. The number of anilines is 1. The zero-order valence-corrected chi connectivity index (χ0v) is 13.0. The van der Waals surface area contributed by atoms with Crippen molar-refractivity contribution in [3.8, 4) is 0 Å². The van der Waals surface area contributed by atoms with Gasteiger partial charge in [-0.05, 0) is 37.1 Å². The minimum Gasteiger partial charge on any atom is -0.480 e. The number of thioether (sulfide) groups is 1. The van der Waals surface area contributed by atoms with Gasteiger partial charge in [0.2, 0.25) is 0 Å². The van der Waals surface area contributed by atoms with Gasteiger partial charge in [-0.3, -0.25) is 0 Å². The quantitative estimate of drug-likeness (QED) is 0.587. The van der Waals surface area contributed by atoms with Crippen LogP contribution < -0.4 is 16.0 Å². The van der Waals surface area contributed by atoms with Crippen LogP contribution in [0.25, 0.3) is 0 Å². The number of aliphatic carboxylic acids is 1. The van der Waals surface area contributed by atoms with Crippen LogP contribution in [0, 0.1) is 0 Å². The first-order valence-corrected chi connectivity index (χ1v) is 7.99. The van der Waals surface area contributed by atoms with Crippen molar-refractivity contribution in [1.82, 2.24) is 10.6 Å². The molecule has 0 fully saturated rings. The number of hydrogen-bond donors (Lipinski definition) is 4. The topological polar surface area (TPSA) is 90.5 Å². The molecule has 6 nitrogen and oxygen atoms in total. The van der Waals surface area contributed by atoms with E-state index in [0.717, 1.165) is 5.56 Å². The molecule has 4 N–H and O–H groups in total. The van der Waals surface area contributed by atoms with Crippen LogP contribution in [0.4, 0.5) is 10.5 Å². The van der Waals surface area contributed by atoms with Crippen LogP contribution in [0.1, 0.15) is 12.0 Å². The van der Waals surface area contributed by atoms with E-state index >= 15 is 0 Å². The standard InChI is InChI=1S/C14H21N3O3S/c1-15-9-10-5-3-4-6-11(10)16-14(20)17-12(13(18)19)7-8-21-2/h3-6,12,15H,7-9H2,1-2H3,(H,18,19)(H2,16,17,20)/t12-/m1/s1. The first kappa shape index (κ1) is 17.3. The van der Waals surface area contributed by atoms with E-state index in [1.54, 1.807) is 17.8 Å². The van der Waals surface area contributed by atoms with Crippen molar-refractivity contribution in [2.24, 2.45) is 0 Å². The lowest BCUT2D eigenvalue weighted by atomic mass is 10.2. The Labute approximate surface area is 128 Å². The Kier molecular flexibility index (Phi) is 7.63. The molecule has 0 aromatic heterocycles. The molecule has 0 radical (unpaired) electrons. The Morgan fingerprint density at radius 3 is 2.67 bits per heavy atom. The van der Waals surface area contributed by atoms with Crippen molar-refractivity contribution in [2.75, 3.05) is 24.4 Å². The van der Waals surface area contributed by atoms with Gasteiger partial charge in [0.25, 0.3) is 0 Å². The molecule has 21 heavy (non-hydrogen) atoms. The summed E-state index contributed by atoms with van der Waals surface area (Å²) in [6.45, 7) is 0.616. The van der Waals surface area contributed by atoms with Gasteiger partial charge in [0, 0.05) is 12.2 Å². The predicted molar refractivity (Wildman–Crippen MR) is 85.8 cm³/mol. The van der Waals surface area contributed by atoms with Crippen LogP contribution in [-0.4, -0.2) is 42.2 Å². The number of carboxylic acids is 1. The van der Waals surface area contributed by atoms with Gasteiger partial charge < -0.3 is 21.1 Å². The minimum absolute atomic E-state index is 0.391. The lowest BCUT2D eigenvalue weighted by Crippen LogP contribution is -2.43. The second-order valence-corrected chi connectivity index (χ2v) is 5.44. The first-order chi connectivity index (χ1) is 10.1. The van der Waals surface area contributed by atoms with Crippen LogP contribution in [0.3, 0.4) is 0 Å². The van der Waals surface area contributed by atoms with Gasteiger partial charge in [-0.2, -0.15) is 11.8 Å². The molecule has 0 heterocycles. The Morgan fingerprint density at radius 2 is 2.05 bits per heavy atom. The number of rotatable bonds is 8. The summed E-state index contributed by atoms with van der Waals surface area (Å²) < 4.78 is 0. The minimum atomic E-state index is -1.03. The van der Waals surface area contributed by atoms with Crippen molar-refractivity contribution < 1.29 is 14.7 Å². The molecular weight excluding hydrogens is 290 g/mol. The molecule has 0 aliphatic rings. The zero-order chi connectivity index (χ0) is 15.7. The number of carbonyl (C=O) groups is 2. The summed E-state index contributed by atoms with van der Waals surface area (Å²) in [5.74, 6) is -0.351. The molecule has 0 unspecified atom stereocenters. The average Bonchev–Trinajstić information content (AvgIpc) is 2.45. The van der Waals surface area contributed by atoms with E-state index < -0.39 is 18.0 Å².